The lowest BCUT2D eigenvalue weighted by Crippen LogP contribution is -2.45. The topological polar surface area (TPSA) is 71.5 Å². The number of hydrogen-bond donors (Lipinski definition) is 2. The highest BCUT2D eigenvalue weighted by Gasteiger charge is 2.23. The van der Waals surface area contributed by atoms with E-state index in [4.69, 9.17) is 16.3 Å². The van der Waals surface area contributed by atoms with E-state index in [0.29, 0.717) is 34.9 Å². The van der Waals surface area contributed by atoms with Gasteiger partial charge in [0, 0.05) is 16.0 Å². The van der Waals surface area contributed by atoms with Crippen LogP contribution in [0.1, 0.15) is 37.1 Å². The first-order valence-electron chi connectivity index (χ1n) is 11.4. The van der Waals surface area contributed by atoms with Crippen LogP contribution in [0.4, 0.5) is 0 Å². The zero-order chi connectivity index (χ0) is 24.8. The van der Waals surface area contributed by atoms with Crippen LogP contribution in [0.2, 0.25) is 5.02 Å². The number of fused-ring (bicyclic) bond motifs is 1. The summed E-state index contributed by atoms with van der Waals surface area (Å²) in [5, 5.41) is 14.8. The summed E-state index contributed by atoms with van der Waals surface area (Å²) in [4.78, 5) is 17.7. The van der Waals surface area contributed by atoms with Crippen molar-refractivity contribution in [2.75, 3.05) is 0 Å². The van der Waals surface area contributed by atoms with Gasteiger partial charge in [0.25, 0.3) is 5.91 Å². The van der Waals surface area contributed by atoms with Crippen LogP contribution in [0.3, 0.4) is 0 Å². The average molecular weight is 487 g/mol. The Bertz CT molecular complexity index is 1350. The fourth-order valence-electron chi connectivity index (χ4n) is 3.48. The Labute approximate surface area is 210 Å². The van der Waals surface area contributed by atoms with Gasteiger partial charge in [-0.25, -0.2) is 4.98 Å². The number of halogens is 1. The van der Waals surface area contributed by atoms with Crippen LogP contribution >= 0.6 is 11.6 Å². The molecule has 1 atom stereocenters. The van der Waals surface area contributed by atoms with E-state index in [-0.39, 0.29) is 5.91 Å². The number of pyridine rings is 1. The van der Waals surface area contributed by atoms with E-state index >= 15 is 0 Å². The summed E-state index contributed by atoms with van der Waals surface area (Å²) in [6, 6.07) is 26.4. The van der Waals surface area contributed by atoms with Gasteiger partial charge in [0.05, 0.1) is 11.2 Å². The van der Waals surface area contributed by atoms with Crippen molar-refractivity contribution >= 4 is 40.1 Å². The lowest BCUT2D eigenvalue weighted by Gasteiger charge is -2.24. The number of amides is 1. The molecule has 0 saturated heterocycles. The number of para-hydroxylation sites is 1. The van der Waals surface area contributed by atoms with Gasteiger partial charge in [0.15, 0.2) is 0 Å². The lowest BCUT2D eigenvalue weighted by molar-refractivity contribution is -0.122. The number of nitrogens with zero attached hydrogens (tertiary/aromatic N) is 1. The zero-order valence-corrected chi connectivity index (χ0v) is 20.4. The summed E-state index contributed by atoms with van der Waals surface area (Å²) >= 11 is 6.00. The number of rotatable bonds is 8. The second-order valence-corrected chi connectivity index (χ2v) is 8.94. The van der Waals surface area contributed by atoms with Gasteiger partial charge >= 0.3 is 0 Å². The fraction of sp³-hybridized carbons (Fsp3) is 0.172. The molecule has 0 bridgehead atoms. The Morgan fingerprint density at radius 2 is 1.74 bits per heavy atom. The van der Waals surface area contributed by atoms with Gasteiger partial charge in [-0.15, -0.1) is 0 Å². The molecule has 1 heterocycles. The van der Waals surface area contributed by atoms with Crippen molar-refractivity contribution in [3.8, 4) is 5.75 Å². The van der Waals surface area contributed by atoms with Gasteiger partial charge < -0.3 is 15.2 Å². The van der Waals surface area contributed by atoms with E-state index in [2.05, 4.69) is 10.3 Å². The molecule has 0 radical (unpaired) electrons. The molecule has 0 aliphatic heterocycles. The molecule has 178 valence electrons. The molecule has 0 aliphatic rings. The van der Waals surface area contributed by atoms with Crippen molar-refractivity contribution in [3.63, 3.8) is 0 Å². The van der Waals surface area contributed by atoms with Crippen LogP contribution in [-0.4, -0.2) is 21.7 Å². The molecule has 6 heteroatoms. The molecule has 4 aromatic rings. The molecule has 0 spiro atoms. The Morgan fingerprint density at radius 3 is 2.46 bits per heavy atom. The molecule has 4 rings (SSSR count). The summed E-state index contributed by atoms with van der Waals surface area (Å²) in [5.74, 6) is 0.288. The van der Waals surface area contributed by atoms with Crippen molar-refractivity contribution in [1.29, 1.82) is 0 Å². The molecular formula is C29H27ClN2O3. The Morgan fingerprint density at radius 1 is 1.03 bits per heavy atom. The van der Waals surface area contributed by atoms with E-state index in [0.717, 1.165) is 22.2 Å². The molecule has 2 N–H and O–H groups in total. The Kier molecular flexibility index (Phi) is 7.49. The van der Waals surface area contributed by atoms with Crippen molar-refractivity contribution in [2.45, 2.75) is 32.6 Å². The van der Waals surface area contributed by atoms with E-state index in [9.17, 15) is 9.90 Å². The molecule has 35 heavy (non-hydrogen) atoms. The smallest absolute Gasteiger partial charge is 0.254 e. The van der Waals surface area contributed by atoms with Crippen LogP contribution in [0.15, 0.2) is 84.9 Å². The van der Waals surface area contributed by atoms with Crippen molar-refractivity contribution in [3.05, 3.63) is 107 Å². The maximum atomic E-state index is 13.1. The Hall–Kier alpha value is -3.67. The first kappa shape index (κ1) is 24.5. The predicted octanol–water partition coefficient (Wildman–Crippen LogP) is 6.24. The molecular weight excluding hydrogens is 460 g/mol. The normalized spacial score (nSPS) is 13.3. The SMILES string of the molecule is CCC(C)(O)NC(=O)C(=Cc1ccc(Cl)cc1)c1ccc(OCc2ccc3ccccc3n2)cc1. The summed E-state index contributed by atoms with van der Waals surface area (Å²) < 4.78 is 5.93. The number of carbonyl (C=O) groups is 1. The molecule has 1 unspecified atom stereocenters. The Balaban J connectivity index is 1.54. The van der Waals surface area contributed by atoms with Crippen LogP contribution in [-0.2, 0) is 11.4 Å². The summed E-state index contributed by atoms with van der Waals surface area (Å²) in [7, 11) is 0. The van der Waals surface area contributed by atoms with E-state index in [1.807, 2.05) is 72.8 Å². The standard InChI is InChI=1S/C29H27ClN2O3/c1-3-29(2,34)32-28(33)26(18-20-8-13-23(30)14-9-20)21-11-16-25(17-12-21)35-19-24-15-10-22-6-4-5-7-27(22)31-24/h4-18,34H,3,19H2,1-2H3,(H,32,33). The number of ether oxygens (including phenoxy) is 1. The van der Waals surface area contributed by atoms with Gasteiger partial charge in [-0.05, 0) is 66.9 Å². The quantitative estimate of drug-likeness (QED) is 0.175. The number of nitrogens with one attached hydrogen (secondary N) is 1. The van der Waals surface area contributed by atoms with Crippen LogP contribution < -0.4 is 10.1 Å². The first-order chi connectivity index (χ1) is 16.8. The summed E-state index contributed by atoms with van der Waals surface area (Å²) in [6.45, 7) is 3.71. The number of hydrogen-bond acceptors (Lipinski definition) is 4. The minimum absolute atomic E-state index is 0.331. The molecule has 3 aromatic carbocycles. The maximum Gasteiger partial charge on any atom is 0.254 e. The highest BCUT2D eigenvalue weighted by atomic mass is 35.5. The molecule has 0 saturated carbocycles. The van der Waals surface area contributed by atoms with E-state index < -0.39 is 5.72 Å². The number of aliphatic hydroxyl groups is 1. The minimum atomic E-state index is -1.31. The third kappa shape index (κ3) is 6.47. The second-order valence-electron chi connectivity index (χ2n) is 8.50. The second kappa shape index (κ2) is 10.7. The zero-order valence-electron chi connectivity index (χ0n) is 19.7. The summed E-state index contributed by atoms with van der Waals surface area (Å²) in [5.41, 5.74) is 2.38. The van der Waals surface area contributed by atoms with Gasteiger partial charge in [-0.1, -0.05) is 67.1 Å². The third-order valence-corrected chi connectivity index (χ3v) is 5.96. The third-order valence-electron chi connectivity index (χ3n) is 5.71. The molecule has 5 nitrogen and oxygen atoms in total. The lowest BCUT2D eigenvalue weighted by atomic mass is 10.0. The first-order valence-corrected chi connectivity index (χ1v) is 11.8. The minimum Gasteiger partial charge on any atom is -0.487 e. The molecule has 0 aliphatic carbocycles. The molecule has 0 fully saturated rings. The van der Waals surface area contributed by atoms with Crippen LogP contribution in [0.5, 0.6) is 5.75 Å². The maximum absolute atomic E-state index is 13.1. The monoisotopic (exact) mass is 486 g/mol. The molecule has 1 aromatic heterocycles. The van der Waals surface area contributed by atoms with Gasteiger partial charge in [0.2, 0.25) is 0 Å². The largest absolute Gasteiger partial charge is 0.487 e. The van der Waals surface area contributed by atoms with Gasteiger partial charge in [0.1, 0.15) is 18.1 Å². The number of aromatic nitrogens is 1. The number of benzene rings is 3. The molecule has 1 amide bonds. The van der Waals surface area contributed by atoms with Crippen molar-refractivity contribution in [1.82, 2.24) is 10.3 Å². The van der Waals surface area contributed by atoms with Crippen molar-refractivity contribution in [2.24, 2.45) is 0 Å². The predicted molar refractivity (Wildman–Crippen MR) is 141 cm³/mol. The van der Waals surface area contributed by atoms with E-state index in [1.165, 1.54) is 0 Å². The van der Waals surface area contributed by atoms with Gasteiger partial charge in [-0.3, -0.25) is 4.79 Å². The van der Waals surface area contributed by atoms with Crippen LogP contribution in [0.25, 0.3) is 22.6 Å². The van der Waals surface area contributed by atoms with Gasteiger partial charge in [-0.2, -0.15) is 0 Å². The highest BCUT2D eigenvalue weighted by Crippen LogP contribution is 2.24. The average Bonchev–Trinajstić information content (AvgIpc) is 2.87. The van der Waals surface area contributed by atoms with Crippen LogP contribution in [0, 0.1) is 0 Å². The van der Waals surface area contributed by atoms with E-state index in [1.54, 1.807) is 32.1 Å². The summed E-state index contributed by atoms with van der Waals surface area (Å²) in [6.07, 6.45) is 2.15. The fourth-order valence-corrected chi connectivity index (χ4v) is 3.61. The van der Waals surface area contributed by atoms with Crippen molar-refractivity contribution < 1.29 is 14.6 Å². The number of carbonyl (C=O) groups excluding carboxylic acids is 1. The highest BCUT2D eigenvalue weighted by molar-refractivity contribution is 6.30.